The summed E-state index contributed by atoms with van der Waals surface area (Å²) < 4.78 is 87.8. The van der Waals surface area contributed by atoms with Crippen LogP contribution in [0.25, 0.3) is 0 Å². The van der Waals surface area contributed by atoms with Crippen LogP contribution in [0.15, 0.2) is 0 Å². The molecule has 6 nitrogen and oxygen atoms in total. The van der Waals surface area contributed by atoms with Gasteiger partial charge in [-0.25, -0.2) is 13.2 Å². The quantitative estimate of drug-likeness (QED) is 0.113. The van der Waals surface area contributed by atoms with Crippen molar-refractivity contribution in [3.63, 3.8) is 0 Å². The average molecular weight is 496 g/mol. The van der Waals surface area contributed by atoms with Crippen molar-refractivity contribution >= 4 is 11.9 Å². The Morgan fingerprint density at radius 3 is 2.00 bits per heavy atom. The number of benzene rings is 1. The first-order valence-electron chi connectivity index (χ1n) is 11.1. The van der Waals surface area contributed by atoms with Crippen molar-refractivity contribution in [2.45, 2.75) is 65.8 Å². The maximum atomic E-state index is 13.6. The van der Waals surface area contributed by atoms with Crippen LogP contribution in [-0.2, 0) is 23.8 Å². The molecule has 34 heavy (non-hydrogen) atoms. The Balaban J connectivity index is 1.75. The molecule has 1 aliphatic heterocycles. The van der Waals surface area contributed by atoms with E-state index in [9.17, 15) is 31.5 Å². The fourth-order valence-corrected chi connectivity index (χ4v) is 3.65. The summed E-state index contributed by atoms with van der Waals surface area (Å²) in [6.45, 7) is 7.87. The number of esters is 2. The molecule has 1 fully saturated rings. The third kappa shape index (κ3) is 6.88. The first-order chi connectivity index (χ1) is 16.0. The molecule has 0 spiro atoms. The van der Waals surface area contributed by atoms with Gasteiger partial charge in [0, 0.05) is 25.9 Å². The molecule has 1 heterocycles. The van der Waals surface area contributed by atoms with Crippen LogP contribution in [0.3, 0.4) is 0 Å². The van der Waals surface area contributed by atoms with Crippen LogP contribution < -0.4 is 4.74 Å². The summed E-state index contributed by atoms with van der Waals surface area (Å²) in [6.07, 6.45) is 0.190. The van der Waals surface area contributed by atoms with Gasteiger partial charge in [-0.2, -0.15) is 8.78 Å². The van der Waals surface area contributed by atoms with Crippen LogP contribution in [0.4, 0.5) is 22.0 Å². The van der Waals surface area contributed by atoms with E-state index in [1.165, 1.54) is 6.92 Å². The summed E-state index contributed by atoms with van der Waals surface area (Å²) in [5.74, 6) is -13.7. The molecule has 0 N–H and O–H groups in total. The van der Waals surface area contributed by atoms with Crippen LogP contribution in [0.1, 0.15) is 53.4 Å². The monoisotopic (exact) mass is 496 g/mol. The Morgan fingerprint density at radius 1 is 0.824 bits per heavy atom. The summed E-state index contributed by atoms with van der Waals surface area (Å²) in [6, 6.07) is 0. The van der Waals surface area contributed by atoms with Gasteiger partial charge in [0.2, 0.25) is 34.8 Å². The highest BCUT2D eigenvalue weighted by atomic mass is 19.2. The van der Waals surface area contributed by atoms with E-state index in [1.54, 1.807) is 0 Å². The highest BCUT2D eigenvalue weighted by Crippen LogP contribution is 2.35. The van der Waals surface area contributed by atoms with E-state index < -0.39 is 53.1 Å². The second-order valence-corrected chi connectivity index (χ2v) is 8.48. The summed E-state index contributed by atoms with van der Waals surface area (Å²) in [5, 5.41) is 0. The van der Waals surface area contributed by atoms with E-state index in [0.717, 1.165) is 0 Å². The van der Waals surface area contributed by atoms with Gasteiger partial charge < -0.3 is 18.9 Å². The van der Waals surface area contributed by atoms with Crippen LogP contribution in [0.5, 0.6) is 5.75 Å². The number of unbranched alkanes of at least 4 members (excludes halogenated alkanes) is 2. The zero-order chi connectivity index (χ0) is 25.6. The minimum Gasteiger partial charge on any atom is -0.463 e. The molecule has 0 saturated carbocycles. The molecule has 0 aromatic heterocycles. The summed E-state index contributed by atoms with van der Waals surface area (Å²) in [5.41, 5.74) is 0. The van der Waals surface area contributed by atoms with Crippen LogP contribution in [-0.4, -0.2) is 37.5 Å². The molecule has 0 bridgehead atoms. The maximum absolute atomic E-state index is 13.6. The molecule has 1 saturated heterocycles. The van der Waals surface area contributed by atoms with Gasteiger partial charge in [-0.05, 0) is 24.7 Å². The van der Waals surface area contributed by atoms with Crippen LogP contribution in [0, 0.1) is 46.8 Å². The molecule has 1 aromatic carbocycles. The topological polar surface area (TPSA) is 71.1 Å². The zero-order valence-corrected chi connectivity index (χ0v) is 19.5. The Morgan fingerprint density at radius 2 is 1.41 bits per heavy atom. The molecule has 11 heteroatoms. The minimum absolute atomic E-state index is 0.0971. The lowest BCUT2D eigenvalue weighted by atomic mass is 9.79. The predicted molar refractivity (Wildman–Crippen MR) is 109 cm³/mol. The zero-order valence-electron chi connectivity index (χ0n) is 19.5. The SMILES string of the molecule is CC(=O)OCC1OC(OCCCCCC(=O)Oc2c(F)c(F)c(F)c(F)c2F)C(C)C(C)C1C. The Kier molecular flexibility index (Phi) is 10.2. The van der Waals surface area contributed by atoms with Crippen molar-refractivity contribution in [1.82, 2.24) is 0 Å². The normalized spacial score (nSPS) is 24.7. The number of hydrogen-bond acceptors (Lipinski definition) is 6. The molecule has 5 unspecified atom stereocenters. The molecule has 5 atom stereocenters. The van der Waals surface area contributed by atoms with E-state index in [1.807, 2.05) is 13.8 Å². The summed E-state index contributed by atoms with van der Waals surface area (Å²) in [7, 11) is 0. The van der Waals surface area contributed by atoms with Crippen molar-refractivity contribution in [1.29, 1.82) is 0 Å². The second kappa shape index (κ2) is 12.4. The van der Waals surface area contributed by atoms with Crippen molar-refractivity contribution in [3.05, 3.63) is 29.1 Å². The predicted octanol–water partition coefficient (Wildman–Crippen LogP) is 5.06. The van der Waals surface area contributed by atoms with Crippen molar-refractivity contribution in [3.8, 4) is 5.75 Å². The number of carbonyl (C=O) groups is 2. The molecule has 1 aliphatic rings. The lowest BCUT2D eigenvalue weighted by Crippen LogP contribution is -2.47. The lowest BCUT2D eigenvalue weighted by molar-refractivity contribution is -0.255. The first-order valence-corrected chi connectivity index (χ1v) is 11.1. The number of ether oxygens (including phenoxy) is 4. The van der Waals surface area contributed by atoms with Gasteiger partial charge in [-0.15, -0.1) is 0 Å². The van der Waals surface area contributed by atoms with Gasteiger partial charge in [-0.1, -0.05) is 27.2 Å². The molecule has 0 amide bonds. The van der Waals surface area contributed by atoms with E-state index in [2.05, 4.69) is 11.7 Å². The molecule has 0 aliphatic carbocycles. The first kappa shape index (κ1) is 28.0. The molecular weight excluding hydrogens is 467 g/mol. The van der Waals surface area contributed by atoms with Crippen LogP contribution in [0.2, 0.25) is 0 Å². The molecule has 1 aromatic rings. The van der Waals surface area contributed by atoms with Gasteiger partial charge in [0.1, 0.15) is 6.61 Å². The van der Waals surface area contributed by atoms with Crippen molar-refractivity contribution in [2.24, 2.45) is 17.8 Å². The Hall–Kier alpha value is -2.27. The second-order valence-electron chi connectivity index (χ2n) is 8.48. The fourth-order valence-electron chi connectivity index (χ4n) is 3.65. The minimum atomic E-state index is -2.33. The third-order valence-corrected chi connectivity index (χ3v) is 6.13. The molecule has 0 radical (unpaired) electrons. The van der Waals surface area contributed by atoms with Crippen molar-refractivity contribution < 1.29 is 50.5 Å². The Labute approximate surface area is 194 Å². The maximum Gasteiger partial charge on any atom is 0.311 e. The van der Waals surface area contributed by atoms with Gasteiger partial charge in [0.05, 0.1) is 6.10 Å². The van der Waals surface area contributed by atoms with Gasteiger partial charge in [0.25, 0.3) is 0 Å². The molecule has 192 valence electrons. The van der Waals surface area contributed by atoms with E-state index in [-0.39, 0.29) is 43.3 Å². The van der Waals surface area contributed by atoms with Gasteiger partial charge in [0.15, 0.2) is 6.29 Å². The standard InChI is InChI=1S/C23H29F5O6/c1-11-12(2)15(10-32-14(4)29)33-23(13(11)3)31-9-7-5-6-8-16(30)34-22-20(27)18(25)17(24)19(26)21(22)28/h11-13,15,23H,5-10H2,1-4H3. The summed E-state index contributed by atoms with van der Waals surface area (Å²) in [4.78, 5) is 22.9. The van der Waals surface area contributed by atoms with E-state index in [4.69, 9.17) is 14.2 Å². The highest BCUT2D eigenvalue weighted by molar-refractivity contribution is 5.72. The van der Waals surface area contributed by atoms with E-state index >= 15 is 0 Å². The smallest absolute Gasteiger partial charge is 0.311 e. The number of hydrogen-bond donors (Lipinski definition) is 0. The number of rotatable bonds is 10. The van der Waals surface area contributed by atoms with Crippen molar-refractivity contribution in [2.75, 3.05) is 13.2 Å². The average Bonchev–Trinajstić information content (AvgIpc) is 2.80. The van der Waals surface area contributed by atoms with Crippen LogP contribution >= 0.6 is 0 Å². The number of halogens is 5. The van der Waals surface area contributed by atoms with Gasteiger partial charge >= 0.3 is 11.9 Å². The molecular formula is C23H29F5O6. The fraction of sp³-hybridized carbons (Fsp3) is 0.652. The largest absolute Gasteiger partial charge is 0.463 e. The number of carbonyl (C=O) groups excluding carboxylic acids is 2. The van der Waals surface area contributed by atoms with Gasteiger partial charge in [-0.3, -0.25) is 9.59 Å². The summed E-state index contributed by atoms with van der Waals surface area (Å²) >= 11 is 0. The van der Waals surface area contributed by atoms with E-state index in [0.29, 0.717) is 19.4 Å². The molecule has 2 rings (SSSR count). The third-order valence-electron chi connectivity index (χ3n) is 6.13. The Bertz CT molecular complexity index is 851. The highest BCUT2D eigenvalue weighted by Gasteiger charge is 2.40. The lowest BCUT2D eigenvalue weighted by Gasteiger charge is -2.43.